The average Bonchev–Trinajstić information content (AvgIpc) is 2.68. The van der Waals surface area contributed by atoms with Gasteiger partial charge >= 0.3 is 6.18 Å². The van der Waals surface area contributed by atoms with Gasteiger partial charge in [0.2, 0.25) is 0 Å². The summed E-state index contributed by atoms with van der Waals surface area (Å²) in [6.45, 7) is 1.59. The molecule has 0 radical (unpaired) electrons. The molecule has 10 heteroatoms. The molecule has 7 nitrogen and oxygen atoms in total. The number of rotatable bonds is 3. The highest BCUT2D eigenvalue weighted by molar-refractivity contribution is 5.96. The second-order valence-electron chi connectivity index (χ2n) is 6.39. The number of hydrogen-bond acceptors (Lipinski definition) is 5. The number of halogens is 3. The highest BCUT2D eigenvalue weighted by Crippen LogP contribution is 2.29. The van der Waals surface area contributed by atoms with Crippen LogP contribution in [-0.4, -0.2) is 53.6 Å². The molecule has 2 aromatic heterocycles. The molecule has 2 aromatic rings. The predicted octanol–water partition coefficient (Wildman–Crippen LogP) is 1.77. The van der Waals surface area contributed by atoms with Crippen LogP contribution in [-0.2, 0) is 13.2 Å². The minimum atomic E-state index is -4.43. The van der Waals surface area contributed by atoms with Gasteiger partial charge in [-0.25, -0.2) is 4.98 Å². The summed E-state index contributed by atoms with van der Waals surface area (Å²) in [7, 11) is 2.94. The highest BCUT2D eigenvalue weighted by Gasteiger charge is 2.31. The molecule has 1 aliphatic rings. The molecule has 0 spiro atoms. The van der Waals surface area contributed by atoms with Crippen LogP contribution in [0.3, 0.4) is 0 Å². The van der Waals surface area contributed by atoms with Crippen molar-refractivity contribution in [2.24, 2.45) is 7.05 Å². The van der Waals surface area contributed by atoms with Crippen LogP contribution in [0.5, 0.6) is 5.75 Å². The Hall–Kier alpha value is -3.04. The summed E-state index contributed by atoms with van der Waals surface area (Å²) in [5.41, 5.74) is -0.802. The number of pyridine rings is 2. The van der Waals surface area contributed by atoms with Gasteiger partial charge in [0.15, 0.2) is 0 Å². The van der Waals surface area contributed by atoms with E-state index in [0.717, 1.165) is 12.3 Å². The van der Waals surface area contributed by atoms with Gasteiger partial charge in [-0.15, -0.1) is 0 Å². The van der Waals surface area contributed by atoms with E-state index >= 15 is 0 Å². The molecule has 0 N–H and O–H groups in total. The van der Waals surface area contributed by atoms with Gasteiger partial charge in [0.1, 0.15) is 11.6 Å². The van der Waals surface area contributed by atoms with Gasteiger partial charge in [0, 0.05) is 51.7 Å². The third-order valence-corrected chi connectivity index (χ3v) is 4.61. The number of carbonyl (C=O) groups excluding carboxylic acids is 1. The largest absolute Gasteiger partial charge is 0.496 e. The van der Waals surface area contributed by atoms with Gasteiger partial charge in [-0.1, -0.05) is 0 Å². The molecule has 0 saturated carbocycles. The monoisotopic (exact) mass is 396 g/mol. The molecule has 28 heavy (non-hydrogen) atoms. The number of ether oxygens (including phenoxy) is 1. The van der Waals surface area contributed by atoms with Crippen molar-refractivity contribution >= 4 is 11.7 Å². The van der Waals surface area contributed by atoms with Crippen molar-refractivity contribution < 1.29 is 22.7 Å². The van der Waals surface area contributed by atoms with E-state index in [2.05, 4.69) is 4.98 Å². The minimum absolute atomic E-state index is 0.208. The molecule has 0 atom stereocenters. The summed E-state index contributed by atoms with van der Waals surface area (Å²) >= 11 is 0. The molecule has 1 fully saturated rings. The Morgan fingerprint density at radius 1 is 1.18 bits per heavy atom. The zero-order valence-corrected chi connectivity index (χ0v) is 15.4. The van der Waals surface area contributed by atoms with Crippen LogP contribution < -0.4 is 15.2 Å². The number of alkyl halides is 3. The first-order valence-corrected chi connectivity index (χ1v) is 8.53. The predicted molar refractivity (Wildman–Crippen MR) is 95.6 cm³/mol. The van der Waals surface area contributed by atoms with Crippen LogP contribution in [0.15, 0.2) is 35.4 Å². The second-order valence-corrected chi connectivity index (χ2v) is 6.39. The van der Waals surface area contributed by atoms with E-state index in [1.165, 1.54) is 30.0 Å². The summed E-state index contributed by atoms with van der Waals surface area (Å²) in [6.07, 6.45) is -2.18. The molecule has 0 aromatic carbocycles. The first-order valence-electron chi connectivity index (χ1n) is 8.53. The Labute approximate surface area is 159 Å². The molecular formula is C18H19F3N4O3. The minimum Gasteiger partial charge on any atom is -0.496 e. The van der Waals surface area contributed by atoms with Crippen molar-refractivity contribution in [3.8, 4) is 5.75 Å². The number of amides is 1. The Morgan fingerprint density at radius 3 is 2.39 bits per heavy atom. The molecular weight excluding hydrogens is 377 g/mol. The zero-order valence-electron chi connectivity index (χ0n) is 15.4. The van der Waals surface area contributed by atoms with Crippen LogP contribution in [0.4, 0.5) is 19.0 Å². The number of piperazine rings is 1. The number of aromatic nitrogens is 2. The maximum atomic E-state index is 12.8. The van der Waals surface area contributed by atoms with E-state index in [9.17, 15) is 22.8 Å². The number of anilines is 1. The van der Waals surface area contributed by atoms with Crippen LogP contribution in [0.1, 0.15) is 15.9 Å². The summed E-state index contributed by atoms with van der Waals surface area (Å²) in [5.74, 6) is 0.368. The molecule has 1 saturated heterocycles. The van der Waals surface area contributed by atoms with Gasteiger partial charge < -0.3 is 19.1 Å². The van der Waals surface area contributed by atoms with Gasteiger partial charge in [0.05, 0.1) is 18.2 Å². The Morgan fingerprint density at radius 2 is 1.86 bits per heavy atom. The van der Waals surface area contributed by atoms with Crippen molar-refractivity contribution in [2.45, 2.75) is 6.18 Å². The smallest absolute Gasteiger partial charge is 0.417 e. The lowest BCUT2D eigenvalue weighted by atomic mass is 10.2. The number of methoxy groups -OCH3 is 1. The fourth-order valence-electron chi connectivity index (χ4n) is 2.99. The van der Waals surface area contributed by atoms with Crippen LogP contribution in [0, 0.1) is 0 Å². The maximum absolute atomic E-state index is 12.8. The molecule has 3 rings (SSSR count). The summed E-state index contributed by atoms with van der Waals surface area (Å²) < 4.78 is 44.4. The Bertz CT molecular complexity index is 917. The van der Waals surface area contributed by atoms with Gasteiger partial charge in [-0.2, -0.15) is 13.2 Å². The molecule has 150 valence electrons. The standard InChI is InChI=1S/C18H19F3N4O3/c1-23-11-13(14(28-2)9-16(23)26)17(27)25-7-5-24(6-8-25)15-4-3-12(10-22-15)18(19,20)21/h3-4,9-11H,5-8H2,1-2H3. The van der Waals surface area contributed by atoms with Crippen molar-refractivity contribution in [2.75, 3.05) is 38.2 Å². The highest BCUT2D eigenvalue weighted by atomic mass is 19.4. The second kappa shape index (κ2) is 7.53. The van der Waals surface area contributed by atoms with E-state index < -0.39 is 11.7 Å². The fourth-order valence-corrected chi connectivity index (χ4v) is 2.99. The molecule has 1 aliphatic heterocycles. The molecule has 0 aliphatic carbocycles. The van der Waals surface area contributed by atoms with Crippen LogP contribution in [0.2, 0.25) is 0 Å². The zero-order chi connectivity index (χ0) is 20.5. The van der Waals surface area contributed by atoms with E-state index in [-0.39, 0.29) is 22.8 Å². The first-order chi connectivity index (χ1) is 13.2. The number of nitrogens with zero attached hydrogens (tertiary/aromatic N) is 4. The first kappa shape index (κ1) is 19.7. The Balaban J connectivity index is 1.69. The van der Waals surface area contributed by atoms with Crippen molar-refractivity contribution in [3.05, 3.63) is 52.1 Å². The number of carbonyl (C=O) groups is 1. The normalized spacial score (nSPS) is 14.9. The lowest BCUT2D eigenvalue weighted by Crippen LogP contribution is -2.49. The molecule has 1 amide bonds. The van der Waals surface area contributed by atoms with Crippen LogP contribution in [0.25, 0.3) is 0 Å². The summed E-state index contributed by atoms with van der Waals surface area (Å²) in [4.78, 5) is 31.8. The van der Waals surface area contributed by atoms with E-state index in [1.54, 1.807) is 11.9 Å². The topological polar surface area (TPSA) is 67.7 Å². The number of hydrogen-bond donors (Lipinski definition) is 0. The van der Waals surface area contributed by atoms with Gasteiger partial charge in [-0.05, 0) is 12.1 Å². The molecule has 0 unspecified atom stereocenters. The third kappa shape index (κ3) is 3.95. The third-order valence-electron chi connectivity index (χ3n) is 4.61. The SMILES string of the molecule is COc1cc(=O)n(C)cc1C(=O)N1CCN(c2ccc(C(F)(F)F)cn2)CC1. The fraction of sp³-hybridized carbons (Fsp3) is 0.389. The summed E-state index contributed by atoms with van der Waals surface area (Å²) in [6, 6.07) is 3.58. The average molecular weight is 396 g/mol. The lowest BCUT2D eigenvalue weighted by Gasteiger charge is -2.35. The maximum Gasteiger partial charge on any atom is 0.417 e. The van der Waals surface area contributed by atoms with Gasteiger partial charge in [0.25, 0.3) is 11.5 Å². The van der Waals surface area contributed by atoms with Crippen LogP contribution >= 0.6 is 0 Å². The lowest BCUT2D eigenvalue weighted by molar-refractivity contribution is -0.137. The quantitative estimate of drug-likeness (QED) is 0.791. The van der Waals surface area contributed by atoms with E-state index in [4.69, 9.17) is 4.74 Å². The Kier molecular flexibility index (Phi) is 5.30. The number of aryl methyl sites for hydroxylation is 1. The van der Waals surface area contributed by atoms with Crippen molar-refractivity contribution in [1.82, 2.24) is 14.5 Å². The van der Waals surface area contributed by atoms with Crippen molar-refractivity contribution in [3.63, 3.8) is 0 Å². The van der Waals surface area contributed by atoms with E-state index in [1.807, 2.05) is 4.90 Å². The van der Waals surface area contributed by atoms with Crippen molar-refractivity contribution in [1.29, 1.82) is 0 Å². The van der Waals surface area contributed by atoms with E-state index in [0.29, 0.717) is 32.0 Å². The van der Waals surface area contributed by atoms with Gasteiger partial charge in [-0.3, -0.25) is 9.59 Å². The summed E-state index contributed by atoms with van der Waals surface area (Å²) in [5, 5.41) is 0. The molecule has 3 heterocycles. The molecule has 0 bridgehead atoms.